The first-order valence-corrected chi connectivity index (χ1v) is 5.09. The van der Waals surface area contributed by atoms with Crippen molar-refractivity contribution in [1.29, 1.82) is 0 Å². The minimum absolute atomic E-state index is 0.106. The van der Waals surface area contributed by atoms with Gasteiger partial charge in [0.2, 0.25) is 0 Å². The monoisotopic (exact) mass is 196 g/mol. The number of hydrogen-bond acceptors (Lipinski definition) is 2. The molecule has 0 unspecified atom stereocenters. The van der Waals surface area contributed by atoms with E-state index in [4.69, 9.17) is 5.11 Å². The van der Waals surface area contributed by atoms with Gasteiger partial charge in [0.15, 0.2) is 0 Å². The highest BCUT2D eigenvalue weighted by molar-refractivity contribution is 5.17. The molecule has 0 aliphatic heterocycles. The summed E-state index contributed by atoms with van der Waals surface area (Å²) in [5, 5.41) is 13.2. The van der Waals surface area contributed by atoms with Gasteiger partial charge in [-0.1, -0.05) is 20.8 Å². The Morgan fingerprint density at radius 2 is 2.07 bits per heavy atom. The zero-order chi connectivity index (χ0) is 10.8. The zero-order valence-electron chi connectivity index (χ0n) is 9.54. The first-order chi connectivity index (χ1) is 6.45. The Labute approximate surface area is 85.8 Å². The minimum atomic E-state index is 0.106. The molecular formula is C11H20N2O. The molecule has 1 heterocycles. The number of hydrogen-bond donors (Lipinski definition) is 1. The van der Waals surface area contributed by atoms with Gasteiger partial charge in [-0.15, -0.1) is 0 Å². The van der Waals surface area contributed by atoms with Crippen LogP contribution in [0.3, 0.4) is 0 Å². The van der Waals surface area contributed by atoms with Gasteiger partial charge < -0.3 is 5.11 Å². The quantitative estimate of drug-likeness (QED) is 0.798. The highest BCUT2D eigenvalue weighted by atomic mass is 16.2. The lowest BCUT2D eigenvalue weighted by molar-refractivity contribution is 0.287. The fraction of sp³-hybridized carbons (Fsp3) is 0.727. The Balaban J connectivity index is 2.82. The van der Waals surface area contributed by atoms with E-state index >= 15 is 0 Å². The molecule has 0 aromatic carbocycles. The lowest BCUT2D eigenvalue weighted by atomic mass is 9.92. The van der Waals surface area contributed by atoms with Gasteiger partial charge in [0.05, 0.1) is 5.69 Å². The van der Waals surface area contributed by atoms with Gasteiger partial charge in [-0.25, -0.2) is 0 Å². The van der Waals surface area contributed by atoms with Crippen molar-refractivity contribution in [3.8, 4) is 0 Å². The summed E-state index contributed by atoms with van der Waals surface area (Å²) in [6, 6.07) is 2.13. The van der Waals surface area contributed by atoms with Crippen molar-refractivity contribution in [2.45, 2.75) is 39.0 Å². The SMILES string of the molecule is Cn1nc(C(C)(C)C)cc1CCCO. The summed E-state index contributed by atoms with van der Waals surface area (Å²) < 4.78 is 1.91. The van der Waals surface area contributed by atoms with Crippen LogP contribution in [0.25, 0.3) is 0 Å². The Morgan fingerprint density at radius 1 is 1.43 bits per heavy atom. The molecule has 0 aliphatic rings. The lowest BCUT2D eigenvalue weighted by Gasteiger charge is -2.13. The zero-order valence-corrected chi connectivity index (χ0v) is 9.54. The van der Waals surface area contributed by atoms with Crippen molar-refractivity contribution in [2.75, 3.05) is 6.61 Å². The maximum atomic E-state index is 8.76. The number of nitrogens with zero attached hydrogens (tertiary/aromatic N) is 2. The Kier molecular flexibility index (Phi) is 3.32. The fourth-order valence-corrected chi connectivity index (χ4v) is 1.37. The Morgan fingerprint density at radius 3 is 2.50 bits per heavy atom. The smallest absolute Gasteiger partial charge is 0.0680 e. The van der Waals surface area contributed by atoms with Crippen LogP contribution >= 0.6 is 0 Å². The molecule has 0 spiro atoms. The van der Waals surface area contributed by atoms with Crippen LogP contribution in [-0.4, -0.2) is 21.5 Å². The van der Waals surface area contributed by atoms with Crippen LogP contribution in [0, 0.1) is 0 Å². The van der Waals surface area contributed by atoms with E-state index in [1.165, 1.54) is 5.69 Å². The average molecular weight is 196 g/mol. The lowest BCUT2D eigenvalue weighted by Crippen LogP contribution is -2.12. The second kappa shape index (κ2) is 4.13. The molecule has 0 saturated heterocycles. The van der Waals surface area contributed by atoms with E-state index in [-0.39, 0.29) is 12.0 Å². The van der Waals surface area contributed by atoms with E-state index in [0.29, 0.717) is 0 Å². The topological polar surface area (TPSA) is 38.0 Å². The Hall–Kier alpha value is -0.830. The molecule has 0 atom stereocenters. The van der Waals surface area contributed by atoms with Gasteiger partial charge in [0.25, 0.3) is 0 Å². The third kappa shape index (κ3) is 2.58. The number of rotatable bonds is 3. The van der Waals surface area contributed by atoms with E-state index in [2.05, 4.69) is 31.9 Å². The molecule has 0 amide bonds. The molecular weight excluding hydrogens is 176 g/mol. The first kappa shape index (κ1) is 11.2. The van der Waals surface area contributed by atoms with Crippen molar-refractivity contribution in [3.05, 3.63) is 17.5 Å². The van der Waals surface area contributed by atoms with Crippen LogP contribution in [0.1, 0.15) is 38.6 Å². The number of aliphatic hydroxyl groups excluding tert-OH is 1. The number of aryl methyl sites for hydroxylation is 2. The molecule has 0 fully saturated rings. The van der Waals surface area contributed by atoms with E-state index in [0.717, 1.165) is 18.5 Å². The van der Waals surface area contributed by atoms with Crippen molar-refractivity contribution < 1.29 is 5.11 Å². The van der Waals surface area contributed by atoms with Gasteiger partial charge in [0, 0.05) is 24.8 Å². The second-order valence-corrected chi connectivity index (χ2v) is 4.72. The molecule has 3 heteroatoms. The van der Waals surface area contributed by atoms with Crippen molar-refractivity contribution in [3.63, 3.8) is 0 Å². The average Bonchev–Trinajstić information content (AvgIpc) is 2.43. The predicted octanol–water partition coefficient (Wildman–Crippen LogP) is 1.64. The van der Waals surface area contributed by atoms with Crippen LogP contribution in [-0.2, 0) is 18.9 Å². The van der Waals surface area contributed by atoms with E-state index in [9.17, 15) is 0 Å². The van der Waals surface area contributed by atoms with Crippen LogP contribution in [0.15, 0.2) is 6.07 Å². The molecule has 3 nitrogen and oxygen atoms in total. The summed E-state index contributed by atoms with van der Waals surface area (Å²) in [4.78, 5) is 0. The largest absolute Gasteiger partial charge is 0.396 e. The number of aromatic nitrogens is 2. The maximum Gasteiger partial charge on any atom is 0.0680 e. The maximum absolute atomic E-state index is 8.76. The van der Waals surface area contributed by atoms with Crippen LogP contribution in [0.5, 0.6) is 0 Å². The minimum Gasteiger partial charge on any atom is -0.396 e. The Bertz CT molecular complexity index is 297. The predicted molar refractivity (Wildman–Crippen MR) is 57.3 cm³/mol. The van der Waals surface area contributed by atoms with Gasteiger partial charge >= 0.3 is 0 Å². The normalized spacial score (nSPS) is 12.1. The molecule has 0 radical (unpaired) electrons. The molecule has 1 N–H and O–H groups in total. The molecule has 14 heavy (non-hydrogen) atoms. The molecule has 0 saturated carbocycles. The van der Waals surface area contributed by atoms with Crippen LogP contribution in [0.2, 0.25) is 0 Å². The standard InChI is InChI=1S/C11H20N2O/c1-11(2,3)10-8-9(6-5-7-14)13(4)12-10/h8,14H,5-7H2,1-4H3. The van der Waals surface area contributed by atoms with Crippen LogP contribution in [0.4, 0.5) is 0 Å². The van der Waals surface area contributed by atoms with E-state index in [1.807, 2.05) is 11.7 Å². The van der Waals surface area contributed by atoms with Crippen molar-refractivity contribution in [1.82, 2.24) is 9.78 Å². The van der Waals surface area contributed by atoms with E-state index in [1.54, 1.807) is 0 Å². The fourth-order valence-electron chi connectivity index (χ4n) is 1.37. The molecule has 0 bridgehead atoms. The highest BCUT2D eigenvalue weighted by Crippen LogP contribution is 2.21. The third-order valence-electron chi connectivity index (χ3n) is 2.34. The molecule has 80 valence electrons. The van der Waals surface area contributed by atoms with Crippen molar-refractivity contribution >= 4 is 0 Å². The molecule has 0 aliphatic carbocycles. The summed E-state index contributed by atoms with van der Waals surface area (Å²) in [6.07, 6.45) is 1.71. The first-order valence-electron chi connectivity index (χ1n) is 5.09. The number of aliphatic hydroxyl groups is 1. The summed E-state index contributed by atoms with van der Waals surface area (Å²) >= 11 is 0. The highest BCUT2D eigenvalue weighted by Gasteiger charge is 2.18. The van der Waals surface area contributed by atoms with Gasteiger partial charge in [-0.2, -0.15) is 5.10 Å². The summed E-state index contributed by atoms with van der Waals surface area (Å²) in [7, 11) is 1.96. The molecule has 1 aromatic heterocycles. The summed E-state index contributed by atoms with van der Waals surface area (Å²) in [5.74, 6) is 0. The van der Waals surface area contributed by atoms with Gasteiger partial charge in [-0.05, 0) is 18.9 Å². The molecule has 1 rings (SSSR count). The molecule has 1 aromatic rings. The summed E-state index contributed by atoms with van der Waals surface area (Å²) in [5.41, 5.74) is 2.42. The van der Waals surface area contributed by atoms with Crippen LogP contribution < -0.4 is 0 Å². The van der Waals surface area contributed by atoms with Gasteiger partial charge in [-0.3, -0.25) is 4.68 Å². The summed E-state index contributed by atoms with van der Waals surface area (Å²) in [6.45, 7) is 6.72. The van der Waals surface area contributed by atoms with Crippen molar-refractivity contribution in [2.24, 2.45) is 7.05 Å². The van der Waals surface area contributed by atoms with E-state index < -0.39 is 0 Å². The second-order valence-electron chi connectivity index (χ2n) is 4.72. The third-order valence-corrected chi connectivity index (χ3v) is 2.34. The van der Waals surface area contributed by atoms with Gasteiger partial charge in [0.1, 0.15) is 0 Å².